The van der Waals surface area contributed by atoms with Crippen molar-refractivity contribution < 1.29 is 22.6 Å². The minimum atomic E-state index is -4.63. The Balaban J connectivity index is 2.53. The van der Waals surface area contributed by atoms with Gasteiger partial charge in [-0.25, -0.2) is 5.01 Å². The van der Waals surface area contributed by atoms with Crippen molar-refractivity contribution in [1.82, 2.24) is 0 Å². The number of hydrogen-bond donors (Lipinski definition) is 4. The standard InChI is InChI=1S/C18H22N4O5S/c1-3-17(28(25,26)27)18(24)22(21-14-7-5-4-6-8-14)16-10-13(19)9-15(11-16)20-12(2)23/h4-11,17,21H,3,19H2,1-2H3,(H,20,23)(H,25,26,27). The zero-order valence-corrected chi connectivity index (χ0v) is 16.2. The molecule has 0 aliphatic heterocycles. The largest absolute Gasteiger partial charge is 0.399 e. The van der Waals surface area contributed by atoms with E-state index in [1.165, 1.54) is 32.0 Å². The summed E-state index contributed by atoms with van der Waals surface area (Å²) in [5, 5.41) is 1.88. The summed E-state index contributed by atoms with van der Waals surface area (Å²) in [6, 6.07) is 13.0. The number of nitrogens with zero attached hydrogens (tertiary/aromatic N) is 1. The number of carbonyl (C=O) groups is 2. The predicted molar refractivity (Wildman–Crippen MR) is 108 cm³/mol. The van der Waals surface area contributed by atoms with Gasteiger partial charge in [0.2, 0.25) is 5.91 Å². The fourth-order valence-electron chi connectivity index (χ4n) is 2.58. The average molecular weight is 406 g/mol. The van der Waals surface area contributed by atoms with Gasteiger partial charge in [-0.3, -0.25) is 19.6 Å². The smallest absolute Gasteiger partial charge is 0.277 e. The highest BCUT2D eigenvalue weighted by molar-refractivity contribution is 7.87. The molecule has 1 unspecified atom stereocenters. The molecule has 2 aromatic rings. The van der Waals surface area contributed by atoms with Crippen molar-refractivity contribution in [1.29, 1.82) is 0 Å². The summed E-state index contributed by atoms with van der Waals surface area (Å²) in [4.78, 5) is 24.3. The maximum absolute atomic E-state index is 13.0. The van der Waals surface area contributed by atoms with Gasteiger partial charge in [0, 0.05) is 18.3 Å². The van der Waals surface area contributed by atoms with Gasteiger partial charge in [0.05, 0.1) is 11.4 Å². The lowest BCUT2D eigenvalue weighted by molar-refractivity contribution is -0.118. The molecule has 0 fully saturated rings. The number of anilines is 4. The molecule has 0 heterocycles. The quantitative estimate of drug-likeness (QED) is 0.314. The summed E-state index contributed by atoms with van der Waals surface area (Å²) in [7, 11) is -4.63. The highest BCUT2D eigenvalue weighted by Gasteiger charge is 2.34. The number of nitrogens with one attached hydrogen (secondary N) is 2. The van der Waals surface area contributed by atoms with Crippen LogP contribution in [0.2, 0.25) is 0 Å². The Morgan fingerprint density at radius 2 is 1.79 bits per heavy atom. The molecule has 9 nitrogen and oxygen atoms in total. The number of para-hydroxylation sites is 1. The molecule has 28 heavy (non-hydrogen) atoms. The Labute approximate surface area is 163 Å². The van der Waals surface area contributed by atoms with E-state index in [4.69, 9.17) is 5.73 Å². The highest BCUT2D eigenvalue weighted by atomic mass is 32.2. The van der Waals surface area contributed by atoms with Crippen molar-refractivity contribution >= 4 is 44.7 Å². The third-order valence-corrected chi connectivity index (χ3v) is 5.01. The molecule has 0 radical (unpaired) electrons. The summed E-state index contributed by atoms with van der Waals surface area (Å²) in [5.74, 6) is -1.23. The lowest BCUT2D eigenvalue weighted by Gasteiger charge is -2.27. The van der Waals surface area contributed by atoms with Crippen LogP contribution in [0.3, 0.4) is 0 Å². The molecule has 1 atom stereocenters. The van der Waals surface area contributed by atoms with Crippen LogP contribution < -0.4 is 21.5 Å². The Morgan fingerprint density at radius 3 is 2.32 bits per heavy atom. The van der Waals surface area contributed by atoms with Crippen molar-refractivity contribution in [2.45, 2.75) is 25.5 Å². The van der Waals surface area contributed by atoms with Gasteiger partial charge in [-0.05, 0) is 36.8 Å². The zero-order valence-electron chi connectivity index (χ0n) is 15.4. The molecule has 0 spiro atoms. The minimum Gasteiger partial charge on any atom is -0.399 e. The van der Waals surface area contributed by atoms with Crippen molar-refractivity contribution in [2.75, 3.05) is 21.5 Å². The van der Waals surface area contributed by atoms with Gasteiger partial charge in [0.25, 0.3) is 16.0 Å². The summed E-state index contributed by atoms with van der Waals surface area (Å²) in [5.41, 5.74) is 9.98. The Bertz CT molecular complexity index is 963. The van der Waals surface area contributed by atoms with E-state index in [-0.39, 0.29) is 23.7 Å². The van der Waals surface area contributed by atoms with Gasteiger partial charge in [0.15, 0.2) is 5.25 Å². The summed E-state index contributed by atoms with van der Waals surface area (Å²) < 4.78 is 32.8. The zero-order chi connectivity index (χ0) is 20.9. The molecule has 0 bridgehead atoms. The van der Waals surface area contributed by atoms with Crippen LogP contribution in [0.15, 0.2) is 48.5 Å². The van der Waals surface area contributed by atoms with Gasteiger partial charge in [-0.2, -0.15) is 8.42 Å². The molecule has 10 heteroatoms. The first-order valence-corrected chi connectivity index (χ1v) is 9.92. The Morgan fingerprint density at radius 1 is 1.14 bits per heavy atom. The maximum Gasteiger partial charge on any atom is 0.277 e. The van der Waals surface area contributed by atoms with Crippen LogP contribution in [-0.2, 0) is 19.7 Å². The topological polar surface area (TPSA) is 142 Å². The van der Waals surface area contributed by atoms with Crippen molar-refractivity contribution in [3.63, 3.8) is 0 Å². The number of carbonyl (C=O) groups excluding carboxylic acids is 2. The maximum atomic E-state index is 13.0. The van der Waals surface area contributed by atoms with E-state index in [1.807, 2.05) is 0 Å². The van der Waals surface area contributed by atoms with E-state index < -0.39 is 21.3 Å². The van der Waals surface area contributed by atoms with Crippen LogP contribution in [0.5, 0.6) is 0 Å². The predicted octanol–water partition coefficient (Wildman–Crippen LogP) is 2.25. The average Bonchev–Trinajstić information content (AvgIpc) is 2.58. The number of nitrogens with two attached hydrogens (primary N) is 1. The highest BCUT2D eigenvalue weighted by Crippen LogP contribution is 2.26. The molecular weight excluding hydrogens is 384 g/mol. The normalized spacial score (nSPS) is 12.1. The van der Waals surface area contributed by atoms with E-state index in [1.54, 1.807) is 30.3 Å². The van der Waals surface area contributed by atoms with Crippen molar-refractivity contribution in [3.05, 3.63) is 48.5 Å². The van der Waals surface area contributed by atoms with Gasteiger partial charge in [-0.1, -0.05) is 25.1 Å². The number of rotatable bonds is 7. The van der Waals surface area contributed by atoms with Crippen LogP contribution >= 0.6 is 0 Å². The van der Waals surface area contributed by atoms with Crippen molar-refractivity contribution in [2.24, 2.45) is 0 Å². The van der Waals surface area contributed by atoms with Crippen LogP contribution in [0, 0.1) is 0 Å². The van der Waals surface area contributed by atoms with Gasteiger partial charge < -0.3 is 11.1 Å². The second-order valence-electron chi connectivity index (χ2n) is 6.06. The second kappa shape index (κ2) is 8.72. The molecule has 0 saturated heterocycles. The lowest BCUT2D eigenvalue weighted by atomic mass is 10.2. The number of hydrazine groups is 1. The molecule has 0 saturated carbocycles. The summed E-state index contributed by atoms with van der Waals surface area (Å²) >= 11 is 0. The molecule has 5 N–H and O–H groups in total. The Hall–Kier alpha value is -3.11. The third-order valence-electron chi connectivity index (χ3n) is 3.76. The van der Waals surface area contributed by atoms with Crippen LogP contribution in [0.4, 0.5) is 22.7 Å². The molecule has 2 aromatic carbocycles. The SMILES string of the molecule is CCC(C(=O)N(Nc1ccccc1)c1cc(N)cc(NC(C)=O)c1)S(=O)(=O)O. The first-order chi connectivity index (χ1) is 13.1. The molecular formula is C18H22N4O5S. The van der Waals surface area contributed by atoms with Gasteiger partial charge in [0.1, 0.15) is 0 Å². The van der Waals surface area contributed by atoms with Crippen LogP contribution in [0.1, 0.15) is 20.3 Å². The monoisotopic (exact) mass is 406 g/mol. The second-order valence-corrected chi connectivity index (χ2v) is 7.66. The first kappa shape index (κ1) is 21.2. The number of amides is 2. The van der Waals surface area contributed by atoms with Crippen molar-refractivity contribution in [3.8, 4) is 0 Å². The minimum absolute atomic E-state index is 0.133. The number of nitrogen functional groups attached to an aromatic ring is 1. The van der Waals surface area contributed by atoms with E-state index in [0.717, 1.165) is 5.01 Å². The van der Waals surface area contributed by atoms with Crippen LogP contribution in [0.25, 0.3) is 0 Å². The number of benzene rings is 2. The molecule has 150 valence electrons. The van der Waals surface area contributed by atoms with E-state index in [9.17, 15) is 22.6 Å². The fraction of sp³-hybridized carbons (Fsp3) is 0.222. The van der Waals surface area contributed by atoms with E-state index in [2.05, 4.69) is 10.7 Å². The Kier molecular flexibility index (Phi) is 6.60. The van der Waals surface area contributed by atoms with Crippen LogP contribution in [-0.4, -0.2) is 30.0 Å². The molecule has 0 aliphatic carbocycles. The number of hydrogen-bond acceptors (Lipinski definition) is 6. The van der Waals surface area contributed by atoms with E-state index >= 15 is 0 Å². The fourth-order valence-corrected chi connectivity index (χ4v) is 3.37. The summed E-state index contributed by atoms with van der Waals surface area (Å²) in [6.07, 6.45) is -0.133. The molecule has 0 aliphatic rings. The summed E-state index contributed by atoms with van der Waals surface area (Å²) in [6.45, 7) is 2.79. The molecule has 2 rings (SSSR count). The molecule has 0 aromatic heterocycles. The first-order valence-electron chi connectivity index (χ1n) is 8.42. The third kappa shape index (κ3) is 5.44. The van der Waals surface area contributed by atoms with Gasteiger partial charge >= 0.3 is 0 Å². The lowest BCUT2D eigenvalue weighted by Crippen LogP contribution is -2.46. The van der Waals surface area contributed by atoms with Gasteiger partial charge in [-0.15, -0.1) is 0 Å². The molecule has 2 amide bonds. The van der Waals surface area contributed by atoms with E-state index in [0.29, 0.717) is 11.4 Å².